The van der Waals surface area contributed by atoms with Crippen molar-refractivity contribution in [3.63, 3.8) is 0 Å². The standard InChI is InChI=1S/C12H13NO3/c1-8(14)12-13-11(7-16-12)9-3-5-10(15-2)6-4-9/h3-8,14H,1-2H3. The normalized spacial score (nSPS) is 12.4. The fourth-order valence-corrected chi connectivity index (χ4v) is 1.37. The number of aliphatic hydroxyl groups excluding tert-OH is 1. The second-order valence-corrected chi connectivity index (χ2v) is 3.48. The lowest BCUT2D eigenvalue weighted by Gasteiger charge is -2.00. The van der Waals surface area contributed by atoms with Crippen molar-refractivity contribution in [2.24, 2.45) is 0 Å². The summed E-state index contributed by atoms with van der Waals surface area (Å²) in [4.78, 5) is 4.18. The quantitative estimate of drug-likeness (QED) is 0.861. The Hall–Kier alpha value is -1.81. The SMILES string of the molecule is COc1ccc(-c2coc(C(C)O)n2)cc1. The predicted molar refractivity (Wildman–Crippen MR) is 59.1 cm³/mol. The van der Waals surface area contributed by atoms with Crippen LogP contribution in [0.2, 0.25) is 0 Å². The van der Waals surface area contributed by atoms with Crippen molar-refractivity contribution in [1.29, 1.82) is 0 Å². The zero-order chi connectivity index (χ0) is 11.5. The average molecular weight is 219 g/mol. The van der Waals surface area contributed by atoms with Crippen LogP contribution in [0.15, 0.2) is 34.9 Å². The van der Waals surface area contributed by atoms with Gasteiger partial charge in [-0.3, -0.25) is 0 Å². The van der Waals surface area contributed by atoms with E-state index in [0.717, 1.165) is 11.3 Å². The van der Waals surface area contributed by atoms with E-state index in [-0.39, 0.29) is 0 Å². The van der Waals surface area contributed by atoms with Crippen molar-refractivity contribution < 1.29 is 14.3 Å². The first-order chi connectivity index (χ1) is 7.70. The van der Waals surface area contributed by atoms with Gasteiger partial charge in [0.1, 0.15) is 23.8 Å². The minimum absolute atomic E-state index is 0.325. The first-order valence-electron chi connectivity index (χ1n) is 4.98. The highest BCUT2D eigenvalue weighted by molar-refractivity contribution is 5.58. The highest BCUT2D eigenvalue weighted by Crippen LogP contribution is 2.23. The summed E-state index contributed by atoms with van der Waals surface area (Å²) >= 11 is 0. The maximum absolute atomic E-state index is 9.29. The first-order valence-corrected chi connectivity index (χ1v) is 4.98. The van der Waals surface area contributed by atoms with E-state index in [0.29, 0.717) is 11.6 Å². The molecule has 84 valence electrons. The summed E-state index contributed by atoms with van der Waals surface area (Å²) in [6.45, 7) is 1.61. The molecule has 0 fully saturated rings. The van der Waals surface area contributed by atoms with Crippen LogP contribution in [0.1, 0.15) is 18.9 Å². The van der Waals surface area contributed by atoms with Crippen LogP contribution in [-0.2, 0) is 0 Å². The van der Waals surface area contributed by atoms with Gasteiger partial charge in [0.2, 0.25) is 5.89 Å². The van der Waals surface area contributed by atoms with Gasteiger partial charge < -0.3 is 14.3 Å². The molecule has 1 atom stereocenters. The lowest BCUT2D eigenvalue weighted by Crippen LogP contribution is -1.90. The van der Waals surface area contributed by atoms with Crippen LogP contribution in [0.3, 0.4) is 0 Å². The molecule has 0 amide bonds. The lowest BCUT2D eigenvalue weighted by molar-refractivity contribution is 0.163. The molecule has 2 aromatic rings. The molecule has 0 aliphatic rings. The Bertz CT molecular complexity index is 459. The minimum Gasteiger partial charge on any atom is -0.497 e. The number of rotatable bonds is 3. The van der Waals surface area contributed by atoms with E-state index in [1.807, 2.05) is 24.3 Å². The molecule has 16 heavy (non-hydrogen) atoms. The molecular formula is C12H13NO3. The first kappa shape index (κ1) is 10.7. The fourth-order valence-electron chi connectivity index (χ4n) is 1.37. The van der Waals surface area contributed by atoms with Crippen LogP contribution in [0.4, 0.5) is 0 Å². The van der Waals surface area contributed by atoms with E-state index in [9.17, 15) is 5.11 Å². The Morgan fingerprint density at radius 3 is 2.50 bits per heavy atom. The Kier molecular flexibility index (Phi) is 2.92. The van der Waals surface area contributed by atoms with Crippen LogP contribution in [-0.4, -0.2) is 17.2 Å². The average Bonchev–Trinajstić information content (AvgIpc) is 2.78. The molecule has 0 spiro atoms. The van der Waals surface area contributed by atoms with Gasteiger partial charge >= 0.3 is 0 Å². The highest BCUT2D eigenvalue weighted by atomic mass is 16.5. The van der Waals surface area contributed by atoms with Gasteiger partial charge in [-0.1, -0.05) is 0 Å². The van der Waals surface area contributed by atoms with Crippen LogP contribution in [0.5, 0.6) is 5.75 Å². The Morgan fingerprint density at radius 1 is 1.31 bits per heavy atom. The molecule has 0 bridgehead atoms. The molecular weight excluding hydrogens is 206 g/mol. The Labute approximate surface area is 93.5 Å². The van der Waals surface area contributed by atoms with Gasteiger partial charge in [-0.15, -0.1) is 0 Å². The van der Waals surface area contributed by atoms with Crippen molar-refractivity contribution in [2.75, 3.05) is 7.11 Å². The number of aliphatic hydroxyl groups is 1. The van der Waals surface area contributed by atoms with Gasteiger partial charge in [-0.05, 0) is 31.2 Å². The summed E-state index contributed by atoms with van der Waals surface area (Å²) in [5, 5.41) is 9.29. The van der Waals surface area contributed by atoms with Gasteiger partial charge in [0.05, 0.1) is 7.11 Å². The maximum Gasteiger partial charge on any atom is 0.223 e. The van der Waals surface area contributed by atoms with Crippen LogP contribution < -0.4 is 4.74 Å². The van der Waals surface area contributed by atoms with Crippen molar-refractivity contribution in [3.8, 4) is 17.0 Å². The molecule has 4 heteroatoms. The molecule has 4 nitrogen and oxygen atoms in total. The van der Waals surface area contributed by atoms with Gasteiger partial charge in [-0.2, -0.15) is 0 Å². The second kappa shape index (κ2) is 4.37. The monoisotopic (exact) mass is 219 g/mol. The lowest BCUT2D eigenvalue weighted by atomic mass is 10.2. The molecule has 1 aromatic carbocycles. The maximum atomic E-state index is 9.29. The van der Waals surface area contributed by atoms with E-state index < -0.39 is 6.10 Å². The molecule has 2 rings (SSSR count). The Balaban J connectivity index is 2.28. The third-order valence-electron chi connectivity index (χ3n) is 2.27. The zero-order valence-corrected chi connectivity index (χ0v) is 9.18. The number of hydrogen-bond donors (Lipinski definition) is 1. The highest BCUT2D eigenvalue weighted by Gasteiger charge is 2.10. The van der Waals surface area contributed by atoms with E-state index in [1.165, 1.54) is 6.26 Å². The number of benzene rings is 1. The molecule has 1 heterocycles. The summed E-state index contributed by atoms with van der Waals surface area (Å²) in [7, 11) is 1.62. The molecule has 1 unspecified atom stereocenters. The summed E-state index contributed by atoms with van der Waals surface area (Å²) in [5.74, 6) is 1.12. The fraction of sp³-hybridized carbons (Fsp3) is 0.250. The molecule has 1 aromatic heterocycles. The van der Waals surface area contributed by atoms with Crippen LogP contribution in [0.25, 0.3) is 11.3 Å². The van der Waals surface area contributed by atoms with Crippen LogP contribution in [0, 0.1) is 0 Å². The summed E-state index contributed by atoms with van der Waals surface area (Å²) in [5.41, 5.74) is 1.63. The third-order valence-corrected chi connectivity index (χ3v) is 2.27. The Morgan fingerprint density at radius 2 is 2.00 bits per heavy atom. The topological polar surface area (TPSA) is 55.5 Å². The van der Waals surface area contributed by atoms with Gasteiger partial charge in [0.25, 0.3) is 0 Å². The van der Waals surface area contributed by atoms with Gasteiger partial charge in [0.15, 0.2) is 0 Å². The number of hydrogen-bond acceptors (Lipinski definition) is 4. The third kappa shape index (κ3) is 2.06. The van der Waals surface area contributed by atoms with E-state index in [2.05, 4.69) is 4.98 Å². The predicted octanol–water partition coefficient (Wildman–Crippen LogP) is 2.40. The molecule has 0 saturated heterocycles. The number of ether oxygens (including phenoxy) is 1. The largest absolute Gasteiger partial charge is 0.497 e. The van der Waals surface area contributed by atoms with Crippen LogP contribution >= 0.6 is 0 Å². The zero-order valence-electron chi connectivity index (χ0n) is 9.18. The van der Waals surface area contributed by atoms with Gasteiger partial charge in [0, 0.05) is 5.56 Å². The number of nitrogens with zero attached hydrogens (tertiary/aromatic N) is 1. The van der Waals surface area contributed by atoms with E-state index in [4.69, 9.17) is 9.15 Å². The smallest absolute Gasteiger partial charge is 0.223 e. The van der Waals surface area contributed by atoms with E-state index in [1.54, 1.807) is 14.0 Å². The number of methoxy groups -OCH3 is 1. The summed E-state index contributed by atoms with van der Waals surface area (Å²) in [6.07, 6.45) is 0.844. The number of oxazole rings is 1. The second-order valence-electron chi connectivity index (χ2n) is 3.48. The van der Waals surface area contributed by atoms with Crippen molar-refractivity contribution in [2.45, 2.75) is 13.0 Å². The van der Waals surface area contributed by atoms with Crippen molar-refractivity contribution in [1.82, 2.24) is 4.98 Å². The van der Waals surface area contributed by atoms with Gasteiger partial charge in [-0.25, -0.2) is 4.98 Å². The van der Waals surface area contributed by atoms with Crippen molar-refractivity contribution in [3.05, 3.63) is 36.4 Å². The van der Waals surface area contributed by atoms with E-state index >= 15 is 0 Å². The van der Waals surface area contributed by atoms with Crippen molar-refractivity contribution >= 4 is 0 Å². The number of aromatic nitrogens is 1. The molecule has 1 N–H and O–H groups in total. The molecule has 0 aliphatic heterocycles. The molecule has 0 saturated carbocycles. The summed E-state index contributed by atoms with van der Waals surface area (Å²) in [6, 6.07) is 7.49. The summed E-state index contributed by atoms with van der Waals surface area (Å²) < 4.78 is 10.2. The molecule has 0 radical (unpaired) electrons. The minimum atomic E-state index is -0.688. The molecule has 0 aliphatic carbocycles.